The van der Waals surface area contributed by atoms with Gasteiger partial charge in [-0.15, -0.1) is 0 Å². The second kappa shape index (κ2) is 9.05. The molecule has 0 aromatic heterocycles. The summed E-state index contributed by atoms with van der Waals surface area (Å²) < 4.78 is 10.4. The van der Waals surface area contributed by atoms with Crippen molar-refractivity contribution in [1.29, 1.82) is 0 Å². The lowest BCUT2D eigenvalue weighted by molar-refractivity contribution is -0.146. The molecule has 1 aliphatic heterocycles. The van der Waals surface area contributed by atoms with Crippen molar-refractivity contribution in [2.75, 3.05) is 6.61 Å². The molecule has 2 rings (SSSR count). The second-order valence-electron chi connectivity index (χ2n) is 5.97. The van der Waals surface area contributed by atoms with Gasteiger partial charge in [-0.2, -0.15) is 0 Å². The highest BCUT2D eigenvalue weighted by molar-refractivity contribution is 5.81. The third-order valence-corrected chi connectivity index (χ3v) is 4.09. The summed E-state index contributed by atoms with van der Waals surface area (Å²) in [6, 6.07) is 7.70. The molecule has 1 aromatic rings. The minimum atomic E-state index is -1.08. The van der Waals surface area contributed by atoms with Crippen LogP contribution >= 0.6 is 0 Å². The highest BCUT2D eigenvalue weighted by Gasteiger charge is 2.42. The van der Waals surface area contributed by atoms with Crippen molar-refractivity contribution in [3.05, 3.63) is 35.9 Å². The summed E-state index contributed by atoms with van der Waals surface area (Å²) in [7, 11) is 0. The number of benzene rings is 1. The van der Waals surface area contributed by atoms with E-state index >= 15 is 0 Å². The van der Waals surface area contributed by atoms with Gasteiger partial charge in [0.1, 0.15) is 19.3 Å². The molecule has 1 aromatic carbocycles. The van der Waals surface area contributed by atoms with E-state index in [2.05, 4.69) is 0 Å². The SMILES string of the molecule is CCCC(=O)OC[C@H]1CC[C@@H](C(=O)O)N1C(=O)OCc1ccccc1. The van der Waals surface area contributed by atoms with E-state index in [1.807, 2.05) is 37.3 Å². The Bertz CT molecular complexity index is 603. The van der Waals surface area contributed by atoms with Gasteiger partial charge in [0.25, 0.3) is 0 Å². The van der Waals surface area contributed by atoms with Gasteiger partial charge in [0.2, 0.25) is 0 Å². The molecule has 0 bridgehead atoms. The highest BCUT2D eigenvalue weighted by atomic mass is 16.6. The van der Waals surface area contributed by atoms with E-state index in [9.17, 15) is 19.5 Å². The molecule has 0 radical (unpaired) electrons. The molecule has 1 saturated heterocycles. The number of carboxylic acids is 1. The van der Waals surface area contributed by atoms with Crippen molar-refractivity contribution in [3.8, 4) is 0 Å². The molecule has 1 heterocycles. The van der Waals surface area contributed by atoms with Gasteiger partial charge in [-0.3, -0.25) is 9.69 Å². The van der Waals surface area contributed by atoms with E-state index in [1.165, 1.54) is 4.90 Å². The normalized spacial score (nSPS) is 19.5. The summed E-state index contributed by atoms with van der Waals surface area (Å²) in [5.41, 5.74) is 0.813. The molecule has 1 N–H and O–H groups in total. The van der Waals surface area contributed by atoms with E-state index in [0.717, 1.165) is 5.56 Å². The molecule has 7 heteroatoms. The van der Waals surface area contributed by atoms with Crippen LogP contribution in [-0.4, -0.2) is 46.7 Å². The summed E-state index contributed by atoms with van der Waals surface area (Å²) in [6.45, 7) is 1.92. The number of esters is 1. The summed E-state index contributed by atoms with van der Waals surface area (Å²) >= 11 is 0. The van der Waals surface area contributed by atoms with E-state index in [0.29, 0.717) is 25.7 Å². The highest BCUT2D eigenvalue weighted by Crippen LogP contribution is 2.26. The molecule has 1 amide bonds. The van der Waals surface area contributed by atoms with Gasteiger partial charge < -0.3 is 14.6 Å². The van der Waals surface area contributed by atoms with Gasteiger partial charge >= 0.3 is 18.0 Å². The van der Waals surface area contributed by atoms with Gasteiger partial charge in [-0.1, -0.05) is 37.3 Å². The molecule has 7 nitrogen and oxygen atoms in total. The van der Waals surface area contributed by atoms with Crippen molar-refractivity contribution in [1.82, 2.24) is 4.90 Å². The number of hydrogen-bond donors (Lipinski definition) is 1. The molecule has 1 aliphatic rings. The average molecular weight is 349 g/mol. The second-order valence-corrected chi connectivity index (χ2v) is 5.97. The lowest BCUT2D eigenvalue weighted by atomic mass is 10.2. The first kappa shape index (κ1) is 18.8. The van der Waals surface area contributed by atoms with Crippen LogP contribution in [0.5, 0.6) is 0 Å². The third kappa shape index (κ3) is 5.20. The Labute approximate surface area is 146 Å². The van der Waals surface area contributed by atoms with Crippen molar-refractivity contribution < 1.29 is 29.0 Å². The van der Waals surface area contributed by atoms with Crippen molar-refractivity contribution in [2.45, 2.75) is 51.3 Å². The first-order valence-electron chi connectivity index (χ1n) is 8.40. The number of rotatable bonds is 7. The predicted molar refractivity (Wildman–Crippen MR) is 88.8 cm³/mol. The first-order valence-corrected chi connectivity index (χ1v) is 8.40. The van der Waals surface area contributed by atoms with Crippen LogP contribution in [0.2, 0.25) is 0 Å². The fourth-order valence-electron chi connectivity index (χ4n) is 2.82. The lowest BCUT2D eigenvalue weighted by Gasteiger charge is -2.27. The summed E-state index contributed by atoms with van der Waals surface area (Å²) in [6.07, 6.45) is 1.03. The van der Waals surface area contributed by atoms with E-state index < -0.39 is 24.1 Å². The number of carboxylic acid groups (broad SMARTS) is 1. The molecule has 0 saturated carbocycles. The quantitative estimate of drug-likeness (QED) is 0.761. The van der Waals surface area contributed by atoms with Crippen LogP contribution in [0.1, 0.15) is 38.2 Å². The van der Waals surface area contributed by atoms with Crippen molar-refractivity contribution >= 4 is 18.0 Å². The van der Waals surface area contributed by atoms with Gasteiger partial charge in [0.05, 0.1) is 6.04 Å². The molecule has 25 heavy (non-hydrogen) atoms. The van der Waals surface area contributed by atoms with Crippen LogP contribution in [0.4, 0.5) is 4.79 Å². The molecule has 0 aliphatic carbocycles. The van der Waals surface area contributed by atoms with Gasteiger partial charge in [-0.25, -0.2) is 9.59 Å². The number of carbonyl (C=O) groups is 3. The topological polar surface area (TPSA) is 93.1 Å². The van der Waals surface area contributed by atoms with Crippen LogP contribution in [-0.2, 0) is 25.7 Å². The minimum absolute atomic E-state index is 0.0109. The van der Waals surface area contributed by atoms with Crippen LogP contribution in [0.25, 0.3) is 0 Å². The van der Waals surface area contributed by atoms with E-state index in [4.69, 9.17) is 9.47 Å². The molecule has 1 fully saturated rings. The predicted octanol–water partition coefficient (Wildman–Crippen LogP) is 2.58. The van der Waals surface area contributed by atoms with Crippen molar-refractivity contribution in [2.24, 2.45) is 0 Å². The molecule has 2 atom stereocenters. The Morgan fingerprint density at radius 1 is 1.16 bits per heavy atom. The van der Waals surface area contributed by atoms with E-state index in [-0.39, 0.29) is 19.2 Å². The number of nitrogens with zero attached hydrogens (tertiary/aromatic N) is 1. The Morgan fingerprint density at radius 3 is 2.52 bits per heavy atom. The van der Waals surface area contributed by atoms with Crippen LogP contribution in [0, 0.1) is 0 Å². The van der Waals surface area contributed by atoms with Gasteiger partial charge in [0, 0.05) is 6.42 Å². The van der Waals surface area contributed by atoms with Gasteiger partial charge in [-0.05, 0) is 24.8 Å². The maximum Gasteiger partial charge on any atom is 0.411 e. The van der Waals surface area contributed by atoms with Crippen LogP contribution in [0.3, 0.4) is 0 Å². The monoisotopic (exact) mass is 349 g/mol. The minimum Gasteiger partial charge on any atom is -0.480 e. The zero-order chi connectivity index (χ0) is 18.2. The summed E-state index contributed by atoms with van der Waals surface area (Å²) in [5.74, 6) is -1.43. The van der Waals surface area contributed by atoms with Crippen molar-refractivity contribution in [3.63, 3.8) is 0 Å². The number of hydrogen-bond acceptors (Lipinski definition) is 5. The Hall–Kier alpha value is -2.57. The summed E-state index contributed by atoms with van der Waals surface area (Å²) in [5, 5.41) is 9.34. The fourth-order valence-corrected chi connectivity index (χ4v) is 2.82. The zero-order valence-corrected chi connectivity index (χ0v) is 14.2. The molecule has 0 spiro atoms. The smallest absolute Gasteiger partial charge is 0.411 e. The molecular weight excluding hydrogens is 326 g/mol. The number of aliphatic carboxylic acids is 1. The van der Waals surface area contributed by atoms with Crippen LogP contribution < -0.4 is 0 Å². The number of likely N-dealkylation sites (tertiary alicyclic amines) is 1. The molecular formula is C18H23NO6. The Morgan fingerprint density at radius 2 is 1.88 bits per heavy atom. The van der Waals surface area contributed by atoms with Gasteiger partial charge in [0.15, 0.2) is 0 Å². The van der Waals surface area contributed by atoms with Crippen LogP contribution in [0.15, 0.2) is 30.3 Å². The Kier molecular flexibility index (Phi) is 6.80. The lowest BCUT2D eigenvalue weighted by Crippen LogP contribution is -2.47. The number of ether oxygens (including phenoxy) is 2. The first-order chi connectivity index (χ1) is 12.0. The Balaban J connectivity index is 1.98. The average Bonchev–Trinajstić information content (AvgIpc) is 3.03. The fraction of sp³-hybridized carbons (Fsp3) is 0.500. The summed E-state index contributed by atoms with van der Waals surface area (Å²) in [4.78, 5) is 36.5. The zero-order valence-electron chi connectivity index (χ0n) is 14.2. The van der Waals surface area contributed by atoms with E-state index in [1.54, 1.807) is 0 Å². The molecule has 0 unspecified atom stereocenters. The largest absolute Gasteiger partial charge is 0.480 e. The standard InChI is InChI=1S/C18H23NO6/c1-2-6-16(20)24-12-14-9-10-15(17(21)22)19(14)18(23)25-11-13-7-4-3-5-8-13/h3-5,7-8,14-15H,2,6,9-12H2,1H3,(H,21,22)/t14-,15+/m1/s1. The molecule has 136 valence electrons. The number of carbonyl (C=O) groups excluding carboxylic acids is 2. The maximum absolute atomic E-state index is 12.4. The maximum atomic E-state index is 12.4. The number of amides is 1. The third-order valence-electron chi connectivity index (χ3n) is 4.09.